The minimum atomic E-state index is -1.13. The fourth-order valence-corrected chi connectivity index (χ4v) is 2.80. The Hall–Kier alpha value is -3.26. The van der Waals surface area contributed by atoms with Crippen LogP contribution in [0.3, 0.4) is 0 Å². The Morgan fingerprint density at radius 1 is 1.40 bits per heavy atom. The number of carbonyl (C=O) groups excluding carboxylic acids is 1. The van der Waals surface area contributed by atoms with Gasteiger partial charge in [-0.2, -0.15) is 10.2 Å². The number of nitrogen functional groups attached to an aromatic ring is 1. The highest BCUT2D eigenvalue weighted by atomic mass is 16.7. The first-order chi connectivity index (χ1) is 14.2. The van der Waals surface area contributed by atoms with E-state index in [0.717, 1.165) is 0 Å². The van der Waals surface area contributed by atoms with E-state index in [0.29, 0.717) is 24.0 Å². The van der Waals surface area contributed by atoms with Crippen molar-refractivity contribution in [3.05, 3.63) is 35.4 Å². The van der Waals surface area contributed by atoms with Crippen LogP contribution in [0.25, 0.3) is 11.4 Å². The van der Waals surface area contributed by atoms with Crippen LogP contribution >= 0.6 is 0 Å². The van der Waals surface area contributed by atoms with Gasteiger partial charge >= 0.3 is 0 Å². The Morgan fingerprint density at radius 2 is 2.13 bits per heavy atom. The number of nitrogens with two attached hydrogens (primary N) is 2. The van der Waals surface area contributed by atoms with Gasteiger partial charge in [0.15, 0.2) is 5.82 Å². The molecule has 0 bridgehead atoms. The summed E-state index contributed by atoms with van der Waals surface area (Å²) in [6.07, 6.45) is 1.05. The highest BCUT2D eigenvalue weighted by Gasteiger charge is 2.31. The molecule has 1 heterocycles. The molecular weight excluding hydrogens is 388 g/mol. The van der Waals surface area contributed by atoms with E-state index in [1.807, 2.05) is 0 Å². The lowest BCUT2D eigenvalue weighted by molar-refractivity contribution is -0.0523. The molecule has 3 rings (SSSR count). The lowest BCUT2D eigenvalue weighted by Gasteiger charge is -2.32. The van der Waals surface area contributed by atoms with Crippen molar-refractivity contribution in [2.24, 2.45) is 5.73 Å². The van der Waals surface area contributed by atoms with E-state index < -0.39 is 11.5 Å². The molecule has 0 saturated heterocycles. The molecule has 0 radical (unpaired) electrons. The van der Waals surface area contributed by atoms with Crippen molar-refractivity contribution in [1.82, 2.24) is 15.4 Å². The summed E-state index contributed by atoms with van der Waals surface area (Å²) in [5, 5.41) is 18.8. The zero-order valence-electron chi connectivity index (χ0n) is 16.8. The van der Waals surface area contributed by atoms with Crippen molar-refractivity contribution >= 4 is 11.7 Å². The monoisotopic (exact) mass is 412 g/mol. The van der Waals surface area contributed by atoms with Gasteiger partial charge in [-0.3, -0.25) is 9.63 Å². The summed E-state index contributed by atoms with van der Waals surface area (Å²) in [6, 6.07) is 8.78. The molecule has 2 aromatic rings. The maximum absolute atomic E-state index is 12.6. The van der Waals surface area contributed by atoms with Crippen LogP contribution in [0.2, 0.25) is 0 Å². The summed E-state index contributed by atoms with van der Waals surface area (Å²) in [5.41, 5.74) is 13.9. The largest absolute Gasteiger partial charge is 0.474 e. The third-order valence-corrected chi connectivity index (χ3v) is 4.38. The molecule has 1 saturated carbocycles. The fraction of sp³-hybridized carbons (Fsp3) is 0.400. The Kier molecular flexibility index (Phi) is 6.17. The molecule has 1 aliphatic carbocycles. The van der Waals surface area contributed by atoms with Crippen molar-refractivity contribution in [1.29, 1.82) is 5.26 Å². The van der Waals surface area contributed by atoms with E-state index >= 15 is 0 Å². The zero-order valence-corrected chi connectivity index (χ0v) is 16.8. The topological polar surface area (TPSA) is 169 Å². The van der Waals surface area contributed by atoms with Crippen molar-refractivity contribution in [3.63, 3.8) is 0 Å². The van der Waals surface area contributed by atoms with Gasteiger partial charge in [0.2, 0.25) is 5.88 Å². The molecule has 158 valence electrons. The van der Waals surface area contributed by atoms with Crippen LogP contribution < -0.4 is 21.7 Å². The maximum Gasteiger partial charge on any atom is 0.284 e. The van der Waals surface area contributed by atoms with Crippen LogP contribution in [0.15, 0.2) is 24.3 Å². The predicted molar refractivity (Wildman–Crippen MR) is 108 cm³/mol. The maximum atomic E-state index is 12.6. The second kappa shape index (κ2) is 8.62. The first kappa shape index (κ1) is 21.4. The fourth-order valence-electron chi connectivity index (χ4n) is 2.80. The summed E-state index contributed by atoms with van der Waals surface area (Å²) in [4.78, 5) is 26.3. The number of hydroxylamine groups is 1. The minimum Gasteiger partial charge on any atom is -0.474 e. The lowest BCUT2D eigenvalue weighted by atomic mass is 9.90. The number of nitrogens with one attached hydrogen (secondary N) is 1. The number of aromatic nitrogens is 2. The highest BCUT2D eigenvalue weighted by Crippen LogP contribution is 2.30. The van der Waals surface area contributed by atoms with Crippen molar-refractivity contribution in [3.8, 4) is 23.3 Å². The SMILES string of the molecule is CC(C)(O)CONC(=O)c1c(N)nc(-c2cccc(C#N)c2)nc1O[C@H]1C[C@H](N)C1. The van der Waals surface area contributed by atoms with Gasteiger partial charge in [-0.05, 0) is 38.8 Å². The third-order valence-electron chi connectivity index (χ3n) is 4.38. The van der Waals surface area contributed by atoms with Crippen LogP contribution in [-0.2, 0) is 4.84 Å². The summed E-state index contributed by atoms with van der Waals surface area (Å²) >= 11 is 0. The standard InChI is InChI=1S/C20H24N6O4/c1-20(2,28)10-29-26-18(27)15-16(23)24-17(12-5-3-4-11(6-12)9-21)25-19(15)30-14-7-13(22)8-14/h3-6,13-14,28H,7-8,10,22H2,1-2H3,(H,26,27)(H2,23,24,25)/t13-,14-. The molecule has 10 heteroatoms. The Labute approximate surface area is 173 Å². The minimum absolute atomic E-state index is 0.00104. The Morgan fingerprint density at radius 3 is 2.77 bits per heavy atom. The summed E-state index contributed by atoms with van der Waals surface area (Å²) in [5.74, 6) is -0.587. The Balaban J connectivity index is 1.92. The quantitative estimate of drug-likeness (QED) is 0.482. The first-order valence-corrected chi connectivity index (χ1v) is 9.41. The van der Waals surface area contributed by atoms with E-state index in [2.05, 4.69) is 21.5 Å². The van der Waals surface area contributed by atoms with Gasteiger partial charge < -0.3 is 21.3 Å². The van der Waals surface area contributed by atoms with E-state index in [1.165, 1.54) is 13.8 Å². The van der Waals surface area contributed by atoms with Gasteiger partial charge in [0, 0.05) is 11.6 Å². The van der Waals surface area contributed by atoms with Gasteiger partial charge in [0.25, 0.3) is 5.91 Å². The lowest BCUT2D eigenvalue weighted by Crippen LogP contribution is -2.44. The smallest absolute Gasteiger partial charge is 0.284 e. The van der Waals surface area contributed by atoms with Gasteiger partial charge in [-0.15, -0.1) is 0 Å². The van der Waals surface area contributed by atoms with Crippen LogP contribution in [0.1, 0.15) is 42.6 Å². The number of anilines is 1. The third kappa shape index (κ3) is 5.21. The molecule has 1 aromatic heterocycles. The molecular formula is C20H24N6O4. The molecule has 0 spiro atoms. The predicted octanol–water partition coefficient (Wildman–Crippen LogP) is 0.898. The highest BCUT2D eigenvalue weighted by molar-refractivity contribution is 6.00. The molecule has 1 aliphatic rings. The van der Waals surface area contributed by atoms with Crippen LogP contribution in [-0.4, -0.2) is 45.3 Å². The number of ether oxygens (including phenoxy) is 1. The van der Waals surface area contributed by atoms with E-state index in [4.69, 9.17) is 26.3 Å². The van der Waals surface area contributed by atoms with E-state index in [1.54, 1.807) is 24.3 Å². The van der Waals surface area contributed by atoms with Gasteiger partial charge in [0.1, 0.15) is 24.1 Å². The molecule has 10 nitrogen and oxygen atoms in total. The summed E-state index contributed by atoms with van der Waals surface area (Å²) < 4.78 is 5.88. The van der Waals surface area contributed by atoms with E-state index in [9.17, 15) is 9.90 Å². The van der Waals surface area contributed by atoms with Gasteiger partial charge in [-0.1, -0.05) is 12.1 Å². The van der Waals surface area contributed by atoms with Crippen LogP contribution in [0.4, 0.5) is 5.82 Å². The average Bonchev–Trinajstić information content (AvgIpc) is 2.65. The second-order valence-electron chi connectivity index (χ2n) is 7.81. The molecule has 1 aromatic carbocycles. The Bertz CT molecular complexity index is 976. The molecule has 1 fully saturated rings. The number of nitriles is 1. The molecule has 0 atom stereocenters. The normalized spacial score (nSPS) is 18.2. The number of benzene rings is 1. The van der Waals surface area contributed by atoms with Crippen molar-refractivity contribution < 1.29 is 19.5 Å². The number of nitrogens with zero attached hydrogens (tertiary/aromatic N) is 3. The molecule has 1 amide bonds. The van der Waals surface area contributed by atoms with Gasteiger partial charge in [-0.25, -0.2) is 10.5 Å². The number of carbonyl (C=O) groups is 1. The second-order valence-corrected chi connectivity index (χ2v) is 7.81. The molecule has 30 heavy (non-hydrogen) atoms. The number of aliphatic hydroxyl groups is 1. The van der Waals surface area contributed by atoms with Crippen molar-refractivity contribution in [2.45, 2.75) is 44.4 Å². The van der Waals surface area contributed by atoms with E-state index in [-0.39, 0.29) is 41.8 Å². The van der Waals surface area contributed by atoms with Crippen LogP contribution in [0.5, 0.6) is 5.88 Å². The van der Waals surface area contributed by atoms with Gasteiger partial charge in [0.05, 0.1) is 17.2 Å². The number of amides is 1. The van der Waals surface area contributed by atoms with Crippen LogP contribution in [0, 0.1) is 11.3 Å². The summed E-state index contributed by atoms with van der Waals surface area (Å²) in [7, 11) is 0. The zero-order chi connectivity index (χ0) is 21.9. The summed E-state index contributed by atoms with van der Waals surface area (Å²) in [6.45, 7) is 2.94. The number of rotatable bonds is 7. The average molecular weight is 412 g/mol. The number of hydrogen-bond acceptors (Lipinski definition) is 9. The van der Waals surface area contributed by atoms with Crippen molar-refractivity contribution in [2.75, 3.05) is 12.3 Å². The molecule has 0 aliphatic heterocycles. The molecule has 6 N–H and O–H groups in total. The first-order valence-electron chi connectivity index (χ1n) is 9.41. The number of hydrogen-bond donors (Lipinski definition) is 4. The molecule has 0 unspecified atom stereocenters.